The van der Waals surface area contributed by atoms with Crippen LogP contribution in [0.1, 0.15) is 5.56 Å². The minimum Gasteiger partial charge on any atom is -0.306 e. The first-order chi connectivity index (χ1) is 6.42. The number of likely N-dealkylation sites (tertiary alicyclic amines) is 1. The van der Waals surface area contributed by atoms with Crippen molar-refractivity contribution in [2.45, 2.75) is 18.6 Å². The first-order valence-corrected chi connectivity index (χ1v) is 4.94. The van der Waals surface area contributed by atoms with Gasteiger partial charge < -0.3 is 5.32 Å². The van der Waals surface area contributed by atoms with E-state index in [1.807, 2.05) is 0 Å². The Balaban J connectivity index is 1.63. The number of benzene rings is 1. The van der Waals surface area contributed by atoms with Crippen molar-refractivity contribution in [3.05, 3.63) is 35.9 Å². The number of nitrogens with one attached hydrogen (secondary N) is 1. The molecule has 2 aliphatic heterocycles. The first kappa shape index (κ1) is 7.54. The Labute approximate surface area is 78.6 Å². The van der Waals surface area contributed by atoms with Gasteiger partial charge in [-0.05, 0) is 5.56 Å². The summed E-state index contributed by atoms with van der Waals surface area (Å²) in [6.07, 6.45) is 0. The van der Waals surface area contributed by atoms with Crippen molar-refractivity contribution in [3.8, 4) is 0 Å². The first-order valence-electron chi connectivity index (χ1n) is 4.94. The van der Waals surface area contributed by atoms with E-state index < -0.39 is 0 Å². The van der Waals surface area contributed by atoms with Crippen LogP contribution in [0.15, 0.2) is 30.3 Å². The van der Waals surface area contributed by atoms with Crippen molar-refractivity contribution >= 4 is 0 Å². The minimum absolute atomic E-state index is 0.809. The Bertz CT molecular complexity index is 286. The molecule has 13 heavy (non-hydrogen) atoms. The largest absolute Gasteiger partial charge is 0.306 e. The standard InChI is InChI=1S/C11H14N2/c1-2-4-9(5-3-1)6-13-7-10-11(8-13)12-10/h1-5,10-12H,6-8H2. The predicted octanol–water partition coefficient (Wildman–Crippen LogP) is 0.843. The summed E-state index contributed by atoms with van der Waals surface area (Å²) < 4.78 is 0. The average molecular weight is 174 g/mol. The molecule has 2 nitrogen and oxygen atoms in total. The fourth-order valence-corrected chi connectivity index (χ4v) is 2.18. The third-order valence-corrected chi connectivity index (χ3v) is 2.96. The molecule has 2 atom stereocenters. The van der Waals surface area contributed by atoms with Crippen LogP contribution >= 0.6 is 0 Å². The van der Waals surface area contributed by atoms with E-state index in [9.17, 15) is 0 Å². The summed E-state index contributed by atoms with van der Waals surface area (Å²) in [6.45, 7) is 3.59. The van der Waals surface area contributed by atoms with Gasteiger partial charge in [0.05, 0.1) is 0 Å². The van der Waals surface area contributed by atoms with Crippen LogP contribution in [0.3, 0.4) is 0 Å². The summed E-state index contributed by atoms with van der Waals surface area (Å²) >= 11 is 0. The second-order valence-electron chi connectivity index (χ2n) is 4.06. The molecule has 1 N–H and O–H groups in total. The number of fused-ring (bicyclic) bond motifs is 1. The monoisotopic (exact) mass is 174 g/mol. The number of rotatable bonds is 2. The topological polar surface area (TPSA) is 25.2 Å². The molecule has 0 spiro atoms. The zero-order valence-electron chi connectivity index (χ0n) is 7.61. The van der Waals surface area contributed by atoms with Gasteiger partial charge in [-0.1, -0.05) is 30.3 Å². The molecule has 0 saturated carbocycles. The van der Waals surface area contributed by atoms with Gasteiger partial charge in [-0.25, -0.2) is 0 Å². The van der Waals surface area contributed by atoms with E-state index in [4.69, 9.17) is 0 Å². The molecule has 1 aromatic rings. The SMILES string of the molecule is c1ccc(CN2CC3NC3C2)cc1. The molecule has 1 aromatic carbocycles. The highest BCUT2D eigenvalue weighted by Crippen LogP contribution is 2.23. The van der Waals surface area contributed by atoms with Crippen molar-refractivity contribution in [2.75, 3.05) is 13.1 Å². The maximum atomic E-state index is 3.44. The van der Waals surface area contributed by atoms with Gasteiger partial charge in [0.1, 0.15) is 0 Å². The van der Waals surface area contributed by atoms with Crippen LogP contribution in [0.2, 0.25) is 0 Å². The number of hydrogen-bond donors (Lipinski definition) is 1. The van der Waals surface area contributed by atoms with E-state index in [1.165, 1.54) is 18.7 Å². The molecular formula is C11H14N2. The van der Waals surface area contributed by atoms with E-state index in [2.05, 4.69) is 40.5 Å². The molecule has 0 radical (unpaired) electrons. The molecule has 0 aromatic heterocycles. The molecule has 3 rings (SSSR count). The molecule has 2 heteroatoms. The third kappa shape index (κ3) is 1.47. The number of hydrogen-bond acceptors (Lipinski definition) is 2. The Kier molecular flexibility index (Phi) is 1.64. The van der Waals surface area contributed by atoms with Gasteiger partial charge in [-0.15, -0.1) is 0 Å². The van der Waals surface area contributed by atoms with E-state index in [1.54, 1.807) is 0 Å². The molecule has 68 valence electrons. The number of piperazine rings is 1. The lowest BCUT2D eigenvalue weighted by molar-refractivity contribution is 0.303. The molecule has 0 bridgehead atoms. The Hall–Kier alpha value is -0.860. The summed E-state index contributed by atoms with van der Waals surface area (Å²) in [7, 11) is 0. The van der Waals surface area contributed by atoms with Crippen LogP contribution in [0, 0.1) is 0 Å². The van der Waals surface area contributed by atoms with Crippen LogP contribution in [-0.4, -0.2) is 30.1 Å². The molecule has 2 heterocycles. The van der Waals surface area contributed by atoms with Gasteiger partial charge in [0.25, 0.3) is 0 Å². The molecule has 0 amide bonds. The summed E-state index contributed by atoms with van der Waals surface area (Å²) in [5, 5.41) is 3.44. The lowest BCUT2D eigenvalue weighted by atomic mass is 10.2. The fraction of sp³-hybridized carbons (Fsp3) is 0.455. The van der Waals surface area contributed by atoms with Crippen LogP contribution in [0.25, 0.3) is 0 Å². The normalized spacial score (nSPS) is 31.7. The molecular weight excluding hydrogens is 160 g/mol. The highest BCUT2D eigenvalue weighted by atomic mass is 15.3. The van der Waals surface area contributed by atoms with Gasteiger partial charge >= 0.3 is 0 Å². The third-order valence-electron chi connectivity index (χ3n) is 2.96. The maximum absolute atomic E-state index is 3.44. The van der Waals surface area contributed by atoms with Gasteiger partial charge in [0, 0.05) is 31.7 Å². The minimum atomic E-state index is 0.809. The smallest absolute Gasteiger partial charge is 0.0365 e. The Morgan fingerprint density at radius 3 is 2.54 bits per heavy atom. The van der Waals surface area contributed by atoms with Crippen molar-refractivity contribution in [2.24, 2.45) is 0 Å². The molecule has 2 saturated heterocycles. The Morgan fingerprint density at radius 2 is 1.85 bits per heavy atom. The quantitative estimate of drug-likeness (QED) is 0.672. The summed E-state index contributed by atoms with van der Waals surface area (Å²) in [6, 6.07) is 12.3. The molecule has 2 aliphatic rings. The summed E-state index contributed by atoms with van der Waals surface area (Å²) in [5.41, 5.74) is 1.43. The molecule has 2 unspecified atom stereocenters. The van der Waals surface area contributed by atoms with Crippen LogP contribution in [-0.2, 0) is 6.54 Å². The van der Waals surface area contributed by atoms with Crippen molar-refractivity contribution in [3.63, 3.8) is 0 Å². The zero-order chi connectivity index (χ0) is 8.67. The lowest BCUT2D eigenvalue weighted by Crippen LogP contribution is -2.26. The zero-order valence-corrected chi connectivity index (χ0v) is 7.61. The van der Waals surface area contributed by atoms with Gasteiger partial charge in [0.15, 0.2) is 0 Å². The second kappa shape index (κ2) is 2.82. The van der Waals surface area contributed by atoms with E-state index >= 15 is 0 Å². The van der Waals surface area contributed by atoms with Crippen molar-refractivity contribution in [1.82, 2.24) is 10.2 Å². The average Bonchev–Trinajstić information content (AvgIpc) is 2.76. The second-order valence-corrected chi connectivity index (χ2v) is 4.06. The summed E-state index contributed by atoms with van der Waals surface area (Å²) in [5.74, 6) is 0. The highest BCUT2D eigenvalue weighted by Gasteiger charge is 2.44. The van der Waals surface area contributed by atoms with Crippen molar-refractivity contribution < 1.29 is 0 Å². The lowest BCUT2D eigenvalue weighted by Gasteiger charge is -2.16. The van der Waals surface area contributed by atoms with E-state index in [-0.39, 0.29) is 0 Å². The van der Waals surface area contributed by atoms with Gasteiger partial charge in [0.2, 0.25) is 0 Å². The van der Waals surface area contributed by atoms with Crippen LogP contribution in [0.5, 0.6) is 0 Å². The maximum Gasteiger partial charge on any atom is 0.0365 e. The van der Waals surface area contributed by atoms with Crippen LogP contribution in [0.4, 0.5) is 0 Å². The summed E-state index contributed by atoms with van der Waals surface area (Å²) in [4.78, 5) is 2.53. The van der Waals surface area contributed by atoms with Crippen LogP contribution < -0.4 is 5.32 Å². The predicted molar refractivity (Wildman–Crippen MR) is 52.4 cm³/mol. The van der Waals surface area contributed by atoms with E-state index in [0.29, 0.717) is 0 Å². The van der Waals surface area contributed by atoms with Crippen molar-refractivity contribution in [1.29, 1.82) is 0 Å². The highest BCUT2D eigenvalue weighted by molar-refractivity contribution is 5.16. The van der Waals surface area contributed by atoms with Gasteiger partial charge in [-0.2, -0.15) is 0 Å². The fourth-order valence-electron chi connectivity index (χ4n) is 2.18. The molecule has 0 aliphatic carbocycles. The Morgan fingerprint density at radius 1 is 1.15 bits per heavy atom. The number of nitrogens with zero attached hydrogens (tertiary/aromatic N) is 1. The molecule has 2 fully saturated rings. The van der Waals surface area contributed by atoms with Gasteiger partial charge in [-0.3, -0.25) is 4.90 Å². The van der Waals surface area contributed by atoms with E-state index in [0.717, 1.165) is 18.6 Å².